The van der Waals surface area contributed by atoms with E-state index in [1.54, 1.807) is 0 Å². The molecule has 2 N–H and O–H groups in total. The van der Waals surface area contributed by atoms with E-state index >= 15 is 0 Å². The van der Waals surface area contributed by atoms with Gasteiger partial charge in [-0.3, -0.25) is 0 Å². The second-order valence-corrected chi connectivity index (χ2v) is 4.77. The molecule has 1 aromatic carbocycles. The highest BCUT2D eigenvalue weighted by Gasteiger charge is 2.31. The van der Waals surface area contributed by atoms with Gasteiger partial charge in [-0.25, -0.2) is 8.78 Å². The fourth-order valence-electron chi connectivity index (χ4n) is 2.05. The molecule has 1 unspecified atom stereocenters. The summed E-state index contributed by atoms with van der Waals surface area (Å²) in [6, 6.07) is 7.74. The van der Waals surface area contributed by atoms with E-state index in [4.69, 9.17) is 5.73 Å². The van der Waals surface area contributed by atoms with Gasteiger partial charge < -0.3 is 10.3 Å². The number of halogens is 2. The first-order valence-corrected chi connectivity index (χ1v) is 5.52. The number of nitrogens with two attached hydrogens (primary N) is 1. The van der Waals surface area contributed by atoms with Crippen LogP contribution in [0.2, 0.25) is 0 Å². The van der Waals surface area contributed by atoms with Gasteiger partial charge in [-0.1, -0.05) is 18.2 Å². The first-order valence-electron chi connectivity index (χ1n) is 5.52. The lowest BCUT2D eigenvalue weighted by atomic mass is 9.94. The van der Waals surface area contributed by atoms with Crippen molar-refractivity contribution in [2.45, 2.75) is 25.3 Å². The van der Waals surface area contributed by atoms with Crippen molar-refractivity contribution in [2.75, 3.05) is 0 Å². The van der Waals surface area contributed by atoms with Crippen LogP contribution in [0.5, 0.6) is 0 Å². The van der Waals surface area contributed by atoms with E-state index in [-0.39, 0.29) is 6.42 Å². The van der Waals surface area contributed by atoms with Crippen molar-refractivity contribution in [3.8, 4) is 0 Å². The average Bonchev–Trinajstić information content (AvgIpc) is 2.56. The molecule has 0 aliphatic heterocycles. The summed E-state index contributed by atoms with van der Waals surface area (Å²) in [5.41, 5.74) is 6.05. The van der Waals surface area contributed by atoms with Crippen LogP contribution in [-0.2, 0) is 13.5 Å². The number of alkyl halides is 2. The van der Waals surface area contributed by atoms with E-state index < -0.39 is 12.0 Å². The molecule has 0 saturated heterocycles. The van der Waals surface area contributed by atoms with Gasteiger partial charge in [-0.05, 0) is 25.0 Å². The molecule has 92 valence electrons. The average molecular weight is 238 g/mol. The monoisotopic (exact) mass is 238 g/mol. The van der Waals surface area contributed by atoms with Crippen LogP contribution in [0.15, 0.2) is 30.5 Å². The fourth-order valence-corrected chi connectivity index (χ4v) is 2.05. The number of aromatic nitrogens is 1. The van der Waals surface area contributed by atoms with Crippen molar-refractivity contribution in [1.29, 1.82) is 0 Å². The van der Waals surface area contributed by atoms with Gasteiger partial charge in [-0.2, -0.15) is 0 Å². The molecule has 0 amide bonds. The summed E-state index contributed by atoms with van der Waals surface area (Å²) in [6.07, 6.45) is -0.481. The zero-order chi connectivity index (χ0) is 12.6. The molecule has 0 saturated carbocycles. The van der Waals surface area contributed by atoms with Gasteiger partial charge in [0.2, 0.25) is 0 Å². The van der Waals surface area contributed by atoms with Gasteiger partial charge in [0.05, 0.1) is 5.54 Å². The van der Waals surface area contributed by atoms with Crippen LogP contribution in [0.25, 0.3) is 10.9 Å². The Hall–Kier alpha value is -1.42. The number of para-hydroxylation sites is 1. The lowest BCUT2D eigenvalue weighted by Crippen LogP contribution is -2.45. The normalized spacial score (nSPS) is 15.4. The van der Waals surface area contributed by atoms with E-state index in [0.717, 1.165) is 16.5 Å². The van der Waals surface area contributed by atoms with Crippen molar-refractivity contribution in [1.82, 2.24) is 4.57 Å². The molecule has 0 radical (unpaired) electrons. The predicted octanol–water partition coefficient (Wildman–Crippen LogP) is 2.70. The molecule has 0 spiro atoms. The molecule has 1 atom stereocenters. The van der Waals surface area contributed by atoms with E-state index in [1.807, 2.05) is 42.1 Å². The summed E-state index contributed by atoms with van der Waals surface area (Å²) < 4.78 is 27.5. The van der Waals surface area contributed by atoms with E-state index in [1.165, 1.54) is 6.92 Å². The summed E-state index contributed by atoms with van der Waals surface area (Å²) in [4.78, 5) is 0. The summed E-state index contributed by atoms with van der Waals surface area (Å²) in [5.74, 6) is 0. The first-order chi connectivity index (χ1) is 7.92. The zero-order valence-corrected chi connectivity index (χ0v) is 9.95. The Morgan fingerprint density at radius 3 is 2.65 bits per heavy atom. The molecule has 4 heteroatoms. The Bertz CT molecular complexity index is 529. The molecule has 0 aliphatic rings. The Labute approximate surface area is 99.0 Å². The highest BCUT2D eigenvalue weighted by atomic mass is 19.3. The Morgan fingerprint density at radius 2 is 2.00 bits per heavy atom. The number of nitrogens with zero attached hydrogens (tertiary/aromatic N) is 1. The number of aryl methyl sites for hydroxylation is 1. The number of benzene rings is 1. The standard InChI is InChI=1S/C13H16F2N2/c1-13(16,12(14)15)7-9-8-17(2)11-6-4-3-5-10(9)11/h3-6,8,12H,7,16H2,1-2H3. The lowest BCUT2D eigenvalue weighted by molar-refractivity contribution is 0.0641. The molecule has 2 aromatic rings. The smallest absolute Gasteiger partial charge is 0.256 e. The van der Waals surface area contributed by atoms with Gasteiger partial charge in [0.15, 0.2) is 0 Å². The summed E-state index contributed by atoms with van der Waals surface area (Å²) >= 11 is 0. The molecule has 0 fully saturated rings. The highest BCUT2D eigenvalue weighted by Crippen LogP contribution is 2.25. The van der Waals surface area contributed by atoms with Gasteiger partial charge in [0.1, 0.15) is 0 Å². The number of fused-ring (bicyclic) bond motifs is 1. The van der Waals surface area contributed by atoms with Crippen LogP contribution in [0.3, 0.4) is 0 Å². The van der Waals surface area contributed by atoms with Crippen LogP contribution in [0.1, 0.15) is 12.5 Å². The van der Waals surface area contributed by atoms with Gasteiger partial charge in [-0.15, -0.1) is 0 Å². The van der Waals surface area contributed by atoms with Crippen LogP contribution < -0.4 is 5.73 Å². The van der Waals surface area contributed by atoms with Gasteiger partial charge in [0, 0.05) is 24.1 Å². The van der Waals surface area contributed by atoms with Crippen molar-refractivity contribution in [2.24, 2.45) is 12.8 Å². The Balaban J connectivity index is 2.43. The third-order valence-electron chi connectivity index (χ3n) is 3.05. The second kappa shape index (κ2) is 4.11. The maximum atomic E-state index is 12.8. The lowest BCUT2D eigenvalue weighted by Gasteiger charge is -2.23. The van der Waals surface area contributed by atoms with Gasteiger partial charge in [0.25, 0.3) is 6.43 Å². The van der Waals surface area contributed by atoms with Crippen molar-refractivity contribution in [3.63, 3.8) is 0 Å². The van der Waals surface area contributed by atoms with E-state index in [9.17, 15) is 8.78 Å². The minimum atomic E-state index is -2.53. The van der Waals surface area contributed by atoms with Crippen molar-refractivity contribution in [3.05, 3.63) is 36.0 Å². The summed E-state index contributed by atoms with van der Waals surface area (Å²) in [7, 11) is 1.90. The van der Waals surface area contributed by atoms with Crippen LogP contribution in [-0.4, -0.2) is 16.5 Å². The second-order valence-electron chi connectivity index (χ2n) is 4.77. The van der Waals surface area contributed by atoms with Crippen LogP contribution in [0.4, 0.5) is 8.78 Å². The molecule has 0 aliphatic carbocycles. The summed E-state index contributed by atoms with van der Waals surface area (Å²) in [6.45, 7) is 1.39. The molecule has 17 heavy (non-hydrogen) atoms. The minimum absolute atomic E-state index is 0.173. The molecule has 2 rings (SSSR count). The fraction of sp³-hybridized carbons (Fsp3) is 0.385. The highest BCUT2D eigenvalue weighted by molar-refractivity contribution is 5.84. The minimum Gasteiger partial charge on any atom is -0.350 e. The molecular formula is C13H16F2N2. The molecule has 0 bridgehead atoms. The van der Waals surface area contributed by atoms with E-state index in [0.29, 0.717) is 0 Å². The van der Waals surface area contributed by atoms with Crippen molar-refractivity contribution < 1.29 is 8.78 Å². The molecule has 2 nitrogen and oxygen atoms in total. The SMILES string of the molecule is Cn1cc(CC(C)(N)C(F)F)c2ccccc21. The quantitative estimate of drug-likeness (QED) is 0.875. The maximum absolute atomic E-state index is 12.8. The van der Waals surface area contributed by atoms with Gasteiger partial charge >= 0.3 is 0 Å². The molecule has 1 aromatic heterocycles. The number of rotatable bonds is 3. The van der Waals surface area contributed by atoms with Crippen LogP contribution in [0, 0.1) is 0 Å². The Morgan fingerprint density at radius 1 is 1.35 bits per heavy atom. The zero-order valence-electron chi connectivity index (χ0n) is 9.95. The maximum Gasteiger partial charge on any atom is 0.256 e. The van der Waals surface area contributed by atoms with Crippen LogP contribution >= 0.6 is 0 Å². The number of hydrogen-bond donors (Lipinski definition) is 1. The van der Waals surface area contributed by atoms with E-state index in [2.05, 4.69) is 0 Å². The molecular weight excluding hydrogens is 222 g/mol. The first kappa shape index (κ1) is 12.0. The largest absolute Gasteiger partial charge is 0.350 e. The van der Waals surface area contributed by atoms with Crippen molar-refractivity contribution >= 4 is 10.9 Å². The number of hydrogen-bond acceptors (Lipinski definition) is 1. The predicted molar refractivity (Wildman–Crippen MR) is 65.2 cm³/mol. The molecule has 1 heterocycles. The topological polar surface area (TPSA) is 30.9 Å². The third-order valence-corrected chi connectivity index (χ3v) is 3.05. The Kier molecular flexibility index (Phi) is 2.91. The third kappa shape index (κ3) is 2.17. The summed E-state index contributed by atoms with van der Waals surface area (Å²) in [5, 5.41) is 0.993.